The number of hydrogen-bond donors (Lipinski definition) is 1. The Labute approximate surface area is 103 Å². The number of aryl methyl sites for hydroxylation is 1. The summed E-state index contributed by atoms with van der Waals surface area (Å²) in [5.74, 6) is -0.651. The third-order valence-corrected chi connectivity index (χ3v) is 3.10. The summed E-state index contributed by atoms with van der Waals surface area (Å²) in [6.45, 7) is 4.06. The van der Waals surface area contributed by atoms with Crippen molar-refractivity contribution in [3.63, 3.8) is 0 Å². The van der Waals surface area contributed by atoms with Gasteiger partial charge in [-0.15, -0.1) is 0 Å². The zero-order valence-corrected chi connectivity index (χ0v) is 11.0. The second kappa shape index (κ2) is 5.82. The lowest BCUT2D eigenvalue weighted by Crippen LogP contribution is -2.28. The molecule has 3 heteroatoms. The van der Waals surface area contributed by atoms with Crippen LogP contribution in [0.4, 0.5) is 0 Å². The van der Waals surface area contributed by atoms with Crippen molar-refractivity contribution in [2.75, 3.05) is 14.1 Å². The lowest BCUT2D eigenvalue weighted by molar-refractivity contribution is -0.138. The number of rotatable bonds is 5. The summed E-state index contributed by atoms with van der Waals surface area (Å²) in [5.41, 5.74) is 2.43. The van der Waals surface area contributed by atoms with Crippen molar-refractivity contribution >= 4 is 5.97 Å². The van der Waals surface area contributed by atoms with Gasteiger partial charge in [0.1, 0.15) is 0 Å². The molecule has 2 atom stereocenters. The van der Waals surface area contributed by atoms with E-state index in [1.807, 2.05) is 33.2 Å². The van der Waals surface area contributed by atoms with Gasteiger partial charge in [-0.25, -0.2) is 0 Å². The molecule has 0 aliphatic heterocycles. The highest BCUT2D eigenvalue weighted by molar-refractivity contribution is 5.67. The third kappa shape index (κ3) is 3.56. The molecule has 94 valence electrons. The summed E-state index contributed by atoms with van der Waals surface area (Å²) in [7, 11) is 3.99. The summed E-state index contributed by atoms with van der Waals surface area (Å²) in [5, 5.41) is 8.91. The van der Waals surface area contributed by atoms with Crippen molar-refractivity contribution in [2.45, 2.75) is 26.3 Å². The van der Waals surface area contributed by atoms with E-state index in [-0.39, 0.29) is 18.4 Å². The molecule has 0 radical (unpaired) electrons. The molecule has 2 unspecified atom stereocenters. The zero-order valence-electron chi connectivity index (χ0n) is 11.0. The number of carboxylic acid groups (broad SMARTS) is 1. The standard InChI is InChI=1S/C14H21NO2/c1-10-7-5-6-8-12(10)14(15(3)4)11(2)9-13(16)17/h5-8,11,14H,9H2,1-4H3,(H,16,17). The van der Waals surface area contributed by atoms with E-state index in [1.165, 1.54) is 11.1 Å². The van der Waals surface area contributed by atoms with Gasteiger partial charge in [-0.1, -0.05) is 31.2 Å². The summed E-state index contributed by atoms with van der Waals surface area (Å²) in [6, 6.07) is 8.31. The summed E-state index contributed by atoms with van der Waals surface area (Å²) >= 11 is 0. The minimum atomic E-state index is -0.738. The molecule has 1 aromatic rings. The molecule has 0 aromatic heterocycles. The number of aliphatic carboxylic acids is 1. The molecule has 3 nitrogen and oxygen atoms in total. The number of benzene rings is 1. The molecule has 17 heavy (non-hydrogen) atoms. The molecular formula is C14H21NO2. The Morgan fingerprint density at radius 2 is 1.94 bits per heavy atom. The first kappa shape index (κ1) is 13.7. The van der Waals surface area contributed by atoms with E-state index in [0.717, 1.165) is 0 Å². The molecule has 0 spiro atoms. The van der Waals surface area contributed by atoms with Gasteiger partial charge in [0.15, 0.2) is 0 Å². The number of carboxylic acids is 1. The van der Waals surface area contributed by atoms with Crippen LogP contribution in [0.15, 0.2) is 24.3 Å². The molecule has 0 amide bonds. The predicted molar refractivity (Wildman–Crippen MR) is 69.0 cm³/mol. The van der Waals surface area contributed by atoms with Crippen LogP contribution in [0.2, 0.25) is 0 Å². The highest BCUT2D eigenvalue weighted by atomic mass is 16.4. The summed E-state index contributed by atoms with van der Waals surface area (Å²) in [6.07, 6.45) is 0.192. The van der Waals surface area contributed by atoms with E-state index in [1.54, 1.807) is 0 Å². The minimum Gasteiger partial charge on any atom is -0.481 e. The number of nitrogens with zero attached hydrogens (tertiary/aromatic N) is 1. The van der Waals surface area contributed by atoms with Gasteiger partial charge >= 0.3 is 5.97 Å². The highest BCUT2D eigenvalue weighted by Gasteiger charge is 2.24. The topological polar surface area (TPSA) is 40.5 Å². The Kier molecular flexibility index (Phi) is 4.70. The number of hydrogen-bond acceptors (Lipinski definition) is 2. The average molecular weight is 235 g/mol. The first-order valence-corrected chi connectivity index (χ1v) is 5.87. The smallest absolute Gasteiger partial charge is 0.303 e. The second-order valence-corrected chi connectivity index (χ2v) is 4.84. The van der Waals surface area contributed by atoms with Crippen molar-refractivity contribution in [3.05, 3.63) is 35.4 Å². The van der Waals surface area contributed by atoms with Crippen molar-refractivity contribution in [1.82, 2.24) is 4.90 Å². The highest BCUT2D eigenvalue weighted by Crippen LogP contribution is 2.30. The Balaban J connectivity index is 3.01. The van der Waals surface area contributed by atoms with E-state index < -0.39 is 5.97 Å². The summed E-state index contributed by atoms with van der Waals surface area (Å²) < 4.78 is 0. The van der Waals surface area contributed by atoms with Crippen LogP contribution in [-0.4, -0.2) is 30.1 Å². The van der Waals surface area contributed by atoms with Gasteiger partial charge in [0.2, 0.25) is 0 Å². The Morgan fingerprint density at radius 1 is 1.35 bits per heavy atom. The molecule has 1 rings (SSSR count). The molecular weight excluding hydrogens is 214 g/mol. The normalized spacial score (nSPS) is 14.6. The lowest BCUT2D eigenvalue weighted by Gasteiger charge is -2.31. The van der Waals surface area contributed by atoms with Gasteiger partial charge in [0.25, 0.3) is 0 Å². The first-order valence-electron chi connectivity index (χ1n) is 5.87. The van der Waals surface area contributed by atoms with Crippen LogP contribution >= 0.6 is 0 Å². The monoisotopic (exact) mass is 235 g/mol. The fourth-order valence-corrected chi connectivity index (χ4v) is 2.40. The number of carbonyl (C=O) groups is 1. The molecule has 0 aliphatic carbocycles. The van der Waals surface area contributed by atoms with E-state index in [2.05, 4.69) is 24.0 Å². The Morgan fingerprint density at radius 3 is 2.41 bits per heavy atom. The lowest BCUT2D eigenvalue weighted by atomic mass is 9.88. The molecule has 0 saturated heterocycles. The van der Waals surface area contributed by atoms with Gasteiger partial charge in [0, 0.05) is 12.5 Å². The minimum absolute atomic E-state index is 0.0867. The van der Waals surface area contributed by atoms with Crippen molar-refractivity contribution < 1.29 is 9.90 Å². The van der Waals surface area contributed by atoms with Gasteiger partial charge < -0.3 is 10.0 Å². The molecule has 0 saturated carbocycles. The van der Waals surface area contributed by atoms with E-state index >= 15 is 0 Å². The quantitative estimate of drug-likeness (QED) is 0.853. The van der Waals surface area contributed by atoms with Crippen LogP contribution in [0.3, 0.4) is 0 Å². The third-order valence-electron chi connectivity index (χ3n) is 3.10. The maximum Gasteiger partial charge on any atom is 0.303 e. The second-order valence-electron chi connectivity index (χ2n) is 4.84. The van der Waals surface area contributed by atoms with Crippen LogP contribution in [-0.2, 0) is 4.79 Å². The van der Waals surface area contributed by atoms with Gasteiger partial charge in [-0.2, -0.15) is 0 Å². The Bertz CT molecular complexity index is 388. The predicted octanol–water partition coefficient (Wildman–Crippen LogP) is 2.71. The van der Waals surface area contributed by atoms with Crippen LogP contribution in [0, 0.1) is 12.8 Å². The fraction of sp³-hybridized carbons (Fsp3) is 0.500. The first-order chi connectivity index (χ1) is 7.93. The maximum absolute atomic E-state index is 10.8. The molecule has 0 bridgehead atoms. The molecule has 0 aliphatic rings. The van der Waals surface area contributed by atoms with Crippen LogP contribution < -0.4 is 0 Å². The molecule has 0 heterocycles. The van der Waals surface area contributed by atoms with Gasteiger partial charge in [-0.3, -0.25) is 4.79 Å². The van der Waals surface area contributed by atoms with Crippen LogP contribution in [0.1, 0.15) is 30.5 Å². The van der Waals surface area contributed by atoms with Gasteiger partial charge in [0.05, 0.1) is 0 Å². The largest absolute Gasteiger partial charge is 0.481 e. The van der Waals surface area contributed by atoms with Crippen molar-refractivity contribution in [1.29, 1.82) is 0 Å². The average Bonchev–Trinajstić information content (AvgIpc) is 2.19. The fourth-order valence-electron chi connectivity index (χ4n) is 2.40. The van der Waals surface area contributed by atoms with Gasteiger partial charge in [-0.05, 0) is 38.1 Å². The van der Waals surface area contributed by atoms with Crippen molar-refractivity contribution in [3.8, 4) is 0 Å². The SMILES string of the molecule is Cc1ccccc1C(C(C)CC(=O)O)N(C)C. The van der Waals surface area contributed by atoms with Crippen molar-refractivity contribution in [2.24, 2.45) is 5.92 Å². The van der Waals surface area contributed by atoms with E-state index in [0.29, 0.717) is 0 Å². The van der Waals surface area contributed by atoms with E-state index in [9.17, 15) is 4.79 Å². The zero-order chi connectivity index (χ0) is 13.0. The van der Waals surface area contributed by atoms with Crippen LogP contribution in [0.5, 0.6) is 0 Å². The molecule has 0 fully saturated rings. The summed E-state index contributed by atoms with van der Waals surface area (Å²) in [4.78, 5) is 12.9. The molecule has 1 aromatic carbocycles. The maximum atomic E-state index is 10.8. The van der Waals surface area contributed by atoms with E-state index in [4.69, 9.17) is 5.11 Å². The molecule has 1 N–H and O–H groups in total. The van der Waals surface area contributed by atoms with Crippen LogP contribution in [0.25, 0.3) is 0 Å². The Hall–Kier alpha value is -1.35.